The molecule has 0 saturated carbocycles. The van der Waals surface area contributed by atoms with E-state index in [0.717, 1.165) is 12.1 Å². The maximum Gasteiger partial charge on any atom is 0.238 e. The molecule has 0 bridgehead atoms. The number of amides is 1. The first-order chi connectivity index (χ1) is 13.0. The van der Waals surface area contributed by atoms with Gasteiger partial charge in [-0.2, -0.15) is 5.26 Å². The SMILES string of the molecule is N#Cc1cc(F)c(N2CCN(CC(=O)Nc3ccccc3F)CC2)c(F)c1. The van der Waals surface area contributed by atoms with Crippen LogP contribution < -0.4 is 10.2 Å². The van der Waals surface area contributed by atoms with Crippen LogP contribution in [0.2, 0.25) is 0 Å². The zero-order chi connectivity index (χ0) is 19.4. The molecule has 8 heteroatoms. The molecule has 3 rings (SSSR count). The van der Waals surface area contributed by atoms with Crippen molar-refractivity contribution in [3.05, 3.63) is 59.4 Å². The Balaban J connectivity index is 1.57. The van der Waals surface area contributed by atoms with Gasteiger partial charge in [-0.1, -0.05) is 12.1 Å². The van der Waals surface area contributed by atoms with Gasteiger partial charge in [0.1, 0.15) is 11.5 Å². The van der Waals surface area contributed by atoms with E-state index in [9.17, 15) is 18.0 Å². The first kappa shape index (κ1) is 18.7. The molecule has 2 aromatic rings. The van der Waals surface area contributed by atoms with Crippen molar-refractivity contribution in [1.82, 2.24) is 4.90 Å². The number of para-hydroxylation sites is 1. The van der Waals surface area contributed by atoms with Gasteiger partial charge in [-0.25, -0.2) is 13.2 Å². The number of nitrogens with zero attached hydrogens (tertiary/aromatic N) is 3. The number of piperazine rings is 1. The second kappa shape index (κ2) is 8.10. The normalized spacial score (nSPS) is 14.7. The summed E-state index contributed by atoms with van der Waals surface area (Å²) in [6, 6.07) is 9.62. The third-order valence-corrected chi connectivity index (χ3v) is 4.35. The maximum atomic E-state index is 14.1. The molecule has 0 radical (unpaired) electrons. The lowest BCUT2D eigenvalue weighted by Gasteiger charge is -2.36. The van der Waals surface area contributed by atoms with Gasteiger partial charge in [-0.3, -0.25) is 9.69 Å². The Morgan fingerprint density at radius 3 is 2.26 bits per heavy atom. The number of rotatable bonds is 4. The second-order valence-electron chi connectivity index (χ2n) is 6.19. The van der Waals surface area contributed by atoms with Gasteiger partial charge in [0.25, 0.3) is 0 Å². The van der Waals surface area contributed by atoms with E-state index < -0.39 is 17.5 Å². The molecule has 1 fully saturated rings. The molecule has 1 aliphatic rings. The predicted molar refractivity (Wildman–Crippen MR) is 94.8 cm³/mol. The highest BCUT2D eigenvalue weighted by atomic mass is 19.1. The first-order valence-corrected chi connectivity index (χ1v) is 8.39. The minimum Gasteiger partial charge on any atom is -0.364 e. The fraction of sp³-hybridized carbons (Fsp3) is 0.263. The molecule has 0 aromatic heterocycles. The predicted octanol–water partition coefficient (Wildman–Crippen LogP) is 2.74. The van der Waals surface area contributed by atoms with E-state index >= 15 is 0 Å². The van der Waals surface area contributed by atoms with Crippen molar-refractivity contribution >= 4 is 17.3 Å². The van der Waals surface area contributed by atoms with Gasteiger partial charge in [0.2, 0.25) is 5.91 Å². The highest BCUT2D eigenvalue weighted by Crippen LogP contribution is 2.26. The number of halogens is 3. The van der Waals surface area contributed by atoms with Crippen LogP contribution in [0.3, 0.4) is 0 Å². The average Bonchev–Trinajstić information content (AvgIpc) is 2.64. The molecule has 0 aliphatic carbocycles. The minimum absolute atomic E-state index is 0.0561. The lowest BCUT2D eigenvalue weighted by atomic mass is 10.1. The van der Waals surface area contributed by atoms with Crippen molar-refractivity contribution in [3.63, 3.8) is 0 Å². The van der Waals surface area contributed by atoms with Gasteiger partial charge >= 0.3 is 0 Å². The van der Waals surface area contributed by atoms with Crippen molar-refractivity contribution in [3.8, 4) is 6.07 Å². The molecule has 0 atom stereocenters. The van der Waals surface area contributed by atoms with E-state index in [1.807, 2.05) is 4.90 Å². The number of nitriles is 1. The summed E-state index contributed by atoms with van der Waals surface area (Å²) in [5.74, 6) is -2.43. The Morgan fingerprint density at radius 2 is 1.67 bits per heavy atom. The Labute approximate surface area is 154 Å². The van der Waals surface area contributed by atoms with E-state index in [4.69, 9.17) is 5.26 Å². The van der Waals surface area contributed by atoms with Crippen LogP contribution in [0, 0.1) is 28.8 Å². The third kappa shape index (κ3) is 4.38. The van der Waals surface area contributed by atoms with Crippen molar-refractivity contribution in [2.75, 3.05) is 42.9 Å². The summed E-state index contributed by atoms with van der Waals surface area (Å²) in [5, 5.41) is 11.3. The molecule has 1 saturated heterocycles. The van der Waals surface area contributed by atoms with Crippen molar-refractivity contribution in [1.29, 1.82) is 5.26 Å². The van der Waals surface area contributed by atoms with Crippen LogP contribution in [0.15, 0.2) is 36.4 Å². The van der Waals surface area contributed by atoms with E-state index in [0.29, 0.717) is 26.2 Å². The van der Waals surface area contributed by atoms with Gasteiger partial charge < -0.3 is 10.2 Å². The summed E-state index contributed by atoms with van der Waals surface area (Å²) >= 11 is 0. The summed E-state index contributed by atoms with van der Waals surface area (Å²) in [7, 11) is 0. The molecule has 2 aromatic carbocycles. The van der Waals surface area contributed by atoms with Crippen LogP contribution >= 0.6 is 0 Å². The Kier molecular flexibility index (Phi) is 5.62. The zero-order valence-electron chi connectivity index (χ0n) is 14.4. The summed E-state index contributed by atoms with van der Waals surface area (Å²) in [6.07, 6.45) is 0. The zero-order valence-corrected chi connectivity index (χ0v) is 14.4. The summed E-state index contributed by atoms with van der Waals surface area (Å²) in [4.78, 5) is 15.5. The van der Waals surface area contributed by atoms with Gasteiger partial charge in [0.05, 0.1) is 23.9 Å². The van der Waals surface area contributed by atoms with Crippen LogP contribution in [0.25, 0.3) is 0 Å². The van der Waals surface area contributed by atoms with Gasteiger partial charge in [-0.15, -0.1) is 0 Å². The highest BCUT2D eigenvalue weighted by Gasteiger charge is 2.24. The number of carbonyl (C=O) groups excluding carboxylic acids is 1. The van der Waals surface area contributed by atoms with Crippen LogP contribution in [0.5, 0.6) is 0 Å². The molecule has 27 heavy (non-hydrogen) atoms. The maximum absolute atomic E-state index is 14.1. The van der Waals surface area contributed by atoms with Gasteiger partial charge in [0.15, 0.2) is 11.6 Å². The first-order valence-electron chi connectivity index (χ1n) is 8.39. The molecule has 1 aliphatic heterocycles. The molecule has 0 unspecified atom stereocenters. The summed E-state index contributed by atoms with van der Waals surface area (Å²) in [6.45, 7) is 1.55. The Bertz CT molecular complexity index is 866. The number of benzene rings is 2. The number of hydrogen-bond acceptors (Lipinski definition) is 4. The quantitative estimate of drug-likeness (QED) is 0.894. The topological polar surface area (TPSA) is 59.4 Å². The third-order valence-electron chi connectivity index (χ3n) is 4.35. The number of hydrogen-bond donors (Lipinski definition) is 1. The molecule has 1 amide bonds. The lowest BCUT2D eigenvalue weighted by molar-refractivity contribution is -0.117. The Hall–Kier alpha value is -3.05. The van der Waals surface area contributed by atoms with Crippen LogP contribution in [0.4, 0.5) is 24.5 Å². The monoisotopic (exact) mass is 374 g/mol. The molecule has 0 spiro atoms. The van der Waals surface area contributed by atoms with Crippen LogP contribution in [0.1, 0.15) is 5.56 Å². The van der Waals surface area contributed by atoms with Crippen molar-refractivity contribution in [2.24, 2.45) is 0 Å². The van der Waals surface area contributed by atoms with Crippen LogP contribution in [-0.2, 0) is 4.79 Å². The molecule has 140 valence electrons. The fourth-order valence-corrected chi connectivity index (χ4v) is 3.02. The number of nitrogens with one attached hydrogen (secondary N) is 1. The lowest BCUT2D eigenvalue weighted by Crippen LogP contribution is -2.49. The smallest absolute Gasteiger partial charge is 0.238 e. The fourth-order valence-electron chi connectivity index (χ4n) is 3.02. The average molecular weight is 374 g/mol. The number of anilines is 2. The van der Waals surface area contributed by atoms with Gasteiger partial charge in [0, 0.05) is 26.2 Å². The second-order valence-corrected chi connectivity index (χ2v) is 6.19. The van der Waals surface area contributed by atoms with E-state index in [1.54, 1.807) is 17.0 Å². The number of carbonyl (C=O) groups is 1. The summed E-state index contributed by atoms with van der Waals surface area (Å²) < 4.78 is 41.8. The van der Waals surface area contributed by atoms with Gasteiger partial charge in [-0.05, 0) is 24.3 Å². The molecular formula is C19H17F3N4O. The molecule has 1 heterocycles. The molecular weight excluding hydrogens is 357 g/mol. The van der Waals surface area contributed by atoms with E-state index in [-0.39, 0.29) is 29.4 Å². The van der Waals surface area contributed by atoms with Crippen molar-refractivity contribution < 1.29 is 18.0 Å². The summed E-state index contributed by atoms with van der Waals surface area (Å²) in [5.41, 5.74) is -0.121. The highest BCUT2D eigenvalue weighted by molar-refractivity contribution is 5.92. The minimum atomic E-state index is -0.780. The van der Waals surface area contributed by atoms with E-state index in [1.165, 1.54) is 18.2 Å². The standard InChI is InChI=1S/C19H17F3N4O/c20-14-3-1-2-4-17(14)24-18(27)12-25-5-7-26(8-6-25)19-15(21)9-13(11-23)10-16(19)22/h1-4,9-10H,5-8,12H2,(H,24,27). The van der Waals surface area contributed by atoms with Crippen molar-refractivity contribution in [2.45, 2.75) is 0 Å². The van der Waals surface area contributed by atoms with Crippen LogP contribution in [-0.4, -0.2) is 43.5 Å². The molecule has 5 nitrogen and oxygen atoms in total. The molecule has 1 N–H and O–H groups in total. The Morgan fingerprint density at radius 1 is 1.04 bits per heavy atom. The van der Waals surface area contributed by atoms with E-state index in [2.05, 4.69) is 5.32 Å². The largest absolute Gasteiger partial charge is 0.364 e.